The first-order valence-corrected chi connectivity index (χ1v) is 6.85. The highest BCUT2D eigenvalue weighted by Crippen LogP contribution is 2.24. The van der Waals surface area contributed by atoms with Crippen molar-refractivity contribution >= 4 is 15.8 Å². The molecule has 0 radical (unpaired) electrons. The van der Waals surface area contributed by atoms with Crippen molar-refractivity contribution in [3.63, 3.8) is 0 Å². The minimum atomic E-state index is -3.36. The third kappa shape index (κ3) is 3.45. The second kappa shape index (κ2) is 4.75. The Balaban J connectivity index is 3.12. The van der Waals surface area contributed by atoms with Gasteiger partial charge in [-0.05, 0) is 30.2 Å². The number of rotatable bonds is 4. The Morgan fingerprint density at radius 3 is 2.47 bits per heavy atom. The van der Waals surface area contributed by atoms with E-state index in [9.17, 15) is 18.3 Å². The van der Waals surface area contributed by atoms with Crippen LogP contribution in [0.2, 0.25) is 0 Å². The molecule has 0 fully saturated rings. The molecular formula is C11H14O5S. The molecule has 1 atom stereocenters. The highest BCUT2D eigenvalue weighted by atomic mass is 32.2. The lowest BCUT2D eigenvalue weighted by atomic mass is 10.0. The summed E-state index contributed by atoms with van der Waals surface area (Å²) in [5.41, 5.74) is 0.322. The van der Waals surface area contributed by atoms with Crippen molar-refractivity contribution in [2.45, 2.75) is 18.2 Å². The highest BCUT2D eigenvalue weighted by molar-refractivity contribution is 7.90. The minimum Gasteiger partial charge on any atom is -0.508 e. The number of aromatic hydroxyl groups is 1. The fourth-order valence-corrected chi connectivity index (χ4v) is 2.04. The Labute approximate surface area is 99.6 Å². The van der Waals surface area contributed by atoms with Crippen LogP contribution in [0.4, 0.5) is 0 Å². The first kappa shape index (κ1) is 13.5. The summed E-state index contributed by atoms with van der Waals surface area (Å²) in [6.45, 7) is 1.49. The zero-order chi connectivity index (χ0) is 13.2. The molecule has 1 aromatic rings. The summed E-state index contributed by atoms with van der Waals surface area (Å²) >= 11 is 0. The largest absolute Gasteiger partial charge is 0.508 e. The summed E-state index contributed by atoms with van der Waals surface area (Å²) in [4.78, 5) is 10.8. The molecule has 17 heavy (non-hydrogen) atoms. The number of carboxylic acids is 1. The van der Waals surface area contributed by atoms with Gasteiger partial charge in [0.1, 0.15) is 5.75 Å². The van der Waals surface area contributed by atoms with Crippen molar-refractivity contribution in [2.24, 2.45) is 5.92 Å². The molecule has 0 heterocycles. The van der Waals surface area contributed by atoms with E-state index in [4.69, 9.17) is 5.11 Å². The normalized spacial score (nSPS) is 13.3. The lowest BCUT2D eigenvalue weighted by Gasteiger charge is -2.09. The van der Waals surface area contributed by atoms with Crippen LogP contribution in [0.15, 0.2) is 23.1 Å². The molecule has 6 heteroatoms. The predicted octanol–water partition coefficient (Wildman–Crippen LogP) is 1.06. The van der Waals surface area contributed by atoms with E-state index >= 15 is 0 Å². The van der Waals surface area contributed by atoms with Gasteiger partial charge in [-0.1, -0.05) is 6.92 Å². The Hall–Kier alpha value is -1.56. The van der Waals surface area contributed by atoms with Crippen LogP contribution in [0.5, 0.6) is 5.75 Å². The molecule has 0 saturated heterocycles. The molecule has 0 amide bonds. The second-order valence-corrected chi connectivity index (χ2v) is 6.02. The molecule has 94 valence electrons. The van der Waals surface area contributed by atoms with Crippen LogP contribution < -0.4 is 0 Å². The maximum Gasteiger partial charge on any atom is 0.306 e. The first-order chi connectivity index (χ1) is 7.71. The van der Waals surface area contributed by atoms with E-state index < -0.39 is 21.7 Å². The van der Waals surface area contributed by atoms with Gasteiger partial charge in [0.05, 0.1) is 10.8 Å². The fourth-order valence-electron chi connectivity index (χ4n) is 1.37. The number of hydrogen-bond donors (Lipinski definition) is 2. The molecule has 0 aliphatic carbocycles. The number of carbonyl (C=O) groups is 1. The van der Waals surface area contributed by atoms with Gasteiger partial charge in [-0.15, -0.1) is 0 Å². The number of carboxylic acid groups (broad SMARTS) is 1. The van der Waals surface area contributed by atoms with Crippen LogP contribution in [0.25, 0.3) is 0 Å². The summed E-state index contributed by atoms with van der Waals surface area (Å²) < 4.78 is 22.6. The SMILES string of the molecule is CC(Cc1cc(S(C)(=O)=O)ccc1O)C(=O)O. The monoisotopic (exact) mass is 258 g/mol. The molecule has 2 N–H and O–H groups in total. The summed E-state index contributed by atoms with van der Waals surface area (Å²) in [7, 11) is -3.36. The van der Waals surface area contributed by atoms with Crippen LogP contribution in [0, 0.1) is 5.92 Å². The summed E-state index contributed by atoms with van der Waals surface area (Å²) in [5.74, 6) is -1.77. The van der Waals surface area contributed by atoms with E-state index in [1.165, 1.54) is 25.1 Å². The summed E-state index contributed by atoms with van der Waals surface area (Å²) in [6, 6.07) is 3.87. The van der Waals surface area contributed by atoms with E-state index in [0.717, 1.165) is 6.26 Å². The number of phenolic OH excluding ortho intramolecular Hbond substituents is 1. The van der Waals surface area contributed by atoms with E-state index in [2.05, 4.69) is 0 Å². The predicted molar refractivity (Wildman–Crippen MR) is 61.7 cm³/mol. The molecule has 0 aliphatic rings. The van der Waals surface area contributed by atoms with Crippen LogP contribution in [-0.2, 0) is 21.1 Å². The van der Waals surface area contributed by atoms with Gasteiger partial charge in [0.2, 0.25) is 0 Å². The van der Waals surface area contributed by atoms with E-state index in [1.807, 2.05) is 0 Å². The van der Waals surface area contributed by atoms with E-state index in [-0.39, 0.29) is 17.1 Å². The number of phenols is 1. The molecule has 0 aromatic heterocycles. The van der Waals surface area contributed by atoms with Gasteiger partial charge in [-0.3, -0.25) is 4.79 Å². The van der Waals surface area contributed by atoms with Crippen molar-refractivity contribution in [1.82, 2.24) is 0 Å². The third-order valence-corrected chi connectivity index (χ3v) is 3.54. The third-order valence-electron chi connectivity index (χ3n) is 2.43. The topological polar surface area (TPSA) is 91.7 Å². The average Bonchev–Trinajstić information content (AvgIpc) is 2.19. The Morgan fingerprint density at radius 1 is 1.41 bits per heavy atom. The van der Waals surface area contributed by atoms with Gasteiger partial charge >= 0.3 is 5.97 Å². The van der Waals surface area contributed by atoms with Gasteiger partial charge in [0.15, 0.2) is 9.84 Å². The second-order valence-electron chi connectivity index (χ2n) is 4.01. The van der Waals surface area contributed by atoms with Gasteiger partial charge in [0, 0.05) is 6.26 Å². The Bertz CT molecular complexity index is 533. The summed E-state index contributed by atoms with van der Waals surface area (Å²) in [6.07, 6.45) is 1.15. The number of hydrogen-bond acceptors (Lipinski definition) is 4. The Kier molecular flexibility index (Phi) is 3.77. The van der Waals surface area contributed by atoms with Gasteiger partial charge in [-0.25, -0.2) is 8.42 Å². The van der Waals surface area contributed by atoms with Gasteiger partial charge < -0.3 is 10.2 Å². The zero-order valence-electron chi connectivity index (χ0n) is 9.54. The van der Waals surface area contributed by atoms with Crippen molar-refractivity contribution < 1.29 is 23.4 Å². The summed E-state index contributed by atoms with van der Waals surface area (Å²) in [5, 5.41) is 18.3. The zero-order valence-corrected chi connectivity index (χ0v) is 10.4. The van der Waals surface area contributed by atoms with Crippen LogP contribution >= 0.6 is 0 Å². The van der Waals surface area contributed by atoms with Crippen LogP contribution in [0.1, 0.15) is 12.5 Å². The minimum absolute atomic E-state index is 0.0721. The molecule has 0 aliphatic heterocycles. The first-order valence-electron chi connectivity index (χ1n) is 4.96. The fraction of sp³-hybridized carbons (Fsp3) is 0.364. The van der Waals surface area contributed by atoms with E-state index in [1.54, 1.807) is 0 Å². The average molecular weight is 258 g/mol. The lowest BCUT2D eigenvalue weighted by molar-refractivity contribution is -0.141. The molecule has 1 unspecified atom stereocenters. The number of sulfone groups is 1. The molecule has 1 aromatic carbocycles. The van der Waals surface area contributed by atoms with E-state index in [0.29, 0.717) is 5.56 Å². The number of aliphatic carboxylic acids is 1. The van der Waals surface area contributed by atoms with Crippen LogP contribution in [-0.4, -0.2) is 30.9 Å². The maximum absolute atomic E-state index is 11.3. The molecule has 0 saturated carbocycles. The molecule has 0 bridgehead atoms. The molecule has 5 nitrogen and oxygen atoms in total. The van der Waals surface area contributed by atoms with Crippen molar-refractivity contribution in [1.29, 1.82) is 0 Å². The highest BCUT2D eigenvalue weighted by Gasteiger charge is 2.16. The molecular weight excluding hydrogens is 244 g/mol. The van der Waals surface area contributed by atoms with Gasteiger partial charge in [-0.2, -0.15) is 0 Å². The van der Waals surface area contributed by atoms with Crippen molar-refractivity contribution in [3.05, 3.63) is 23.8 Å². The van der Waals surface area contributed by atoms with Crippen molar-refractivity contribution in [3.8, 4) is 5.75 Å². The Morgan fingerprint density at radius 2 is 2.00 bits per heavy atom. The van der Waals surface area contributed by atoms with Crippen LogP contribution in [0.3, 0.4) is 0 Å². The number of benzene rings is 1. The maximum atomic E-state index is 11.3. The quantitative estimate of drug-likeness (QED) is 0.842. The van der Waals surface area contributed by atoms with Crippen molar-refractivity contribution in [2.75, 3.05) is 6.26 Å². The molecule has 1 rings (SSSR count). The van der Waals surface area contributed by atoms with Gasteiger partial charge in [0.25, 0.3) is 0 Å². The lowest BCUT2D eigenvalue weighted by Crippen LogP contribution is -2.12. The molecule has 0 spiro atoms. The smallest absolute Gasteiger partial charge is 0.306 e. The standard InChI is InChI=1S/C11H14O5S/c1-7(11(13)14)5-8-6-9(17(2,15)16)3-4-10(8)12/h3-4,6-7,12H,5H2,1-2H3,(H,13,14).